The SMILES string of the molecule is N#Cc1cc(Br)ccc1N.N#Cc1cc(N=CN=CN)ccc1N. The zero-order chi connectivity index (χ0) is 17.9. The molecule has 120 valence electrons. The first-order valence-electron chi connectivity index (χ1n) is 6.52. The van der Waals surface area contributed by atoms with Crippen molar-refractivity contribution in [1.82, 2.24) is 0 Å². The highest BCUT2D eigenvalue weighted by atomic mass is 79.9. The van der Waals surface area contributed by atoms with Crippen LogP contribution >= 0.6 is 15.9 Å². The van der Waals surface area contributed by atoms with Crippen molar-refractivity contribution in [3.63, 3.8) is 0 Å². The van der Waals surface area contributed by atoms with E-state index >= 15 is 0 Å². The number of anilines is 2. The smallest absolute Gasteiger partial charge is 0.117 e. The molecule has 2 aromatic rings. The second kappa shape index (κ2) is 9.62. The summed E-state index contributed by atoms with van der Waals surface area (Å²) in [6, 6.07) is 14.0. The largest absolute Gasteiger partial charge is 0.398 e. The normalized spacial score (nSPS) is 9.96. The lowest BCUT2D eigenvalue weighted by Gasteiger charge is -1.97. The van der Waals surface area contributed by atoms with Gasteiger partial charge in [-0.3, -0.25) is 0 Å². The molecular weight excluding hydrogens is 370 g/mol. The van der Waals surface area contributed by atoms with Crippen LogP contribution in [0, 0.1) is 22.7 Å². The highest BCUT2D eigenvalue weighted by molar-refractivity contribution is 9.10. The number of rotatable bonds is 2. The standard InChI is InChI=1S/C9H9N5.C7H5BrN2/c10-4-7-3-8(1-2-9(7)12)14-6-13-5-11;8-6-1-2-7(10)5(3-6)4-9/h1-3,5-6H,12H2,(H2,11,13,14);1-3H,10H2. The van der Waals surface area contributed by atoms with E-state index in [0.29, 0.717) is 28.2 Å². The number of nitrogens with zero attached hydrogens (tertiary/aromatic N) is 4. The van der Waals surface area contributed by atoms with E-state index in [2.05, 4.69) is 25.9 Å². The molecule has 0 aliphatic carbocycles. The average Bonchev–Trinajstić information content (AvgIpc) is 2.59. The summed E-state index contributed by atoms with van der Waals surface area (Å²) in [5.74, 6) is 0. The minimum absolute atomic E-state index is 0.399. The summed E-state index contributed by atoms with van der Waals surface area (Å²) in [6.07, 6.45) is 2.43. The Bertz CT molecular complexity index is 844. The first-order valence-corrected chi connectivity index (χ1v) is 7.31. The van der Waals surface area contributed by atoms with Crippen molar-refractivity contribution in [2.24, 2.45) is 15.7 Å². The van der Waals surface area contributed by atoms with Gasteiger partial charge in [-0.05, 0) is 36.4 Å². The number of nitriles is 2. The first-order chi connectivity index (χ1) is 11.5. The molecule has 6 N–H and O–H groups in total. The Morgan fingerprint density at radius 2 is 1.54 bits per heavy atom. The minimum atomic E-state index is 0.399. The third-order valence-corrected chi connectivity index (χ3v) is 3.15. The van der Waals surface area contributed by atoms with Crippen LogP contribution in [-0.4, -0.2) is 12.7 Å². The number of nitrogens with two attached hydrogens (primary N) is 3. The third kappa shape index (κ3) is 5.79. The van der Waals surface area contributed by atoms with Gasteiger partial charge in [0.2, 0.25) is 0 Å². The van der Waals surface area contributed by atoms with Gasteiger partial charge in [-0.1, -0.05) is 15.9 Å². The Balaban J connectivity index is 0.000000254. The van der Waals surface area contributed by atoms with E-state index in [0.717, 1.165) is 10.8 Å². The molecule has 0 spiro atoms. The van der Waals surface area contributed by atoms with E-state index in [1.807, 2.05) is 12.1 Å². The zero-order valence-corrected chi connectivity index (χ0v) is 14.1. The lowest BCUT2D eigenvalue weighted by atomic mass is 10.2. The van der Waals surface area contributed by atoms with Crippen LogP contribution in [0.2, 0.25) is 0 Å². The quantitative estimate of drug-likeness (QED) is 0.413. The summed E-state index contributed by atoms with van der Waals surface area (Å²) in [5, 5.41) is 17.2. The monoisotopic (exact) mass is 383 g/mol. The van der Waals surface area contributed by atoms with Crippen LogP contribution in [0.25, 0.3) is 0 Å². The Hall–Kier alpha value is -3.36. The number of aliphatic imine (C=N–C) groups is 2. The molecule has 0 radical (unpaired) electrons. The van der Waals surface area contributed by atoms with E-state index in [-0.39, 0.29) is 0 Å². The van der Waals surface area contributed by atoms with E-state index < -0.39 is 0 Å². The van der Waals surface area contributed by atoms with Crippen LogP contribution < -0.4 is 17.2 Å². The number of halogens is 1. The van der Waals surface area contributed by atoms with Gasteiger partial charge in [-0.2, -0.15) is 10.5 Å². The van der Waals surface area contributed by atoms with Crippen LogP contribution in [0.5, 0.6) is 0 Å². The third-order valence-electron chi connectivity index (χ3n) is 2.65. The highest BCUT2D eigenvalue weighted by Gasteiger charge is 1.98. The molecule has 2 aromatic carbocycles. The molecular formula is C16H14BrN7. The summed E-state index contributed by atoms with van der Waals surface area (Å²) in [6.45, 7) is 0. The van der Waals surface area contributed by atoms with E-state index in [4.69, 9.17) is 27.7 Å². The molecule has 0 bridgehead atoms. The number of hydrogen-bond acceptors (Lipinski definition) is 5. The topological polar surface area (TPSA) is 150 Å². The fourth-order valence-corrected chi connectivity index (χ4v) is 1.85. The van der Waals surface area contributed by atoms with Crippen LogP contribution in [-0.2, 0) is 0 Å². The van der Waals surface area contributed by atoms with Crippen molar-refractivity contribution in [3.05, 3.63) is 52.0 Å². The van der Waals surface area contributed by atoms with Gasteiger partial charge in [0.1, 0.15) is 18.5 Å². The second-order valence-electron chi connectivity index (χ2n) is 4.27. The molecule has 0 fully saturated rings. The van der Waals surface area contributed by atoms with Crippen LogP contribution in [0.3, 0.4) is 0 Å². The zero-order valence-electron chi connectivity index (χ0n) is 12.5. The molecule has 0 saturated heterocycles. The van der Waals surface area contributed by atoms with E-state index in [1.165, 1.54) is 6.34 Å². The van der Waals surface area contributed by atoms with Crippen molar-refractivity contribution in [3.8, 4) is 12.1 Å². The Morgan fingerprint density at radius 3 is 2.08 bits per heavy atom. The van der Waals surface area contributed by atoms with Crippen molar-refractivity contribution in [2.75, 3.05) is 11.5 Å². The van der Waals surface area contributed by atoms with E-state index in [1.54, 1.807) is 36.4 Å². The Morgan fingerprint density at radius 1 is 0.958 bits per heavy atom. The lowest BCUT2D eigenvalue weighted by molar-refractivity contribution is 1.45. The van der Waals surface area contributed by atoms with Gasteiger partial charge in [0.25, 0.3) is 0 Å². The summed E-state index contributed by atoms with van der Waals surface area (Å²) in [4.78, 5) is 7.53. The summed E-state index contributed by atoms with van der Waals surface area (Å²) >= 11 is 3.23. The van der Waals surface area contributed by atoms with Gasteiger partial charge >= 0.3 is 0 Å². The van der Waals surface area contributed by atoms with E-state index in [9.17, 15) is 0 Å². The fourth-order valence-electron chi connectivity index (χ4n) is 1.49. The number of benzene rings is 2. The summed E-state index contributed by atoms with van der Waals surface area (Å²) < 4.78 is 0.873. The molecule has 2 rings (SSSR count). The molecule has 0 aliphatic heterocycles. The van der Waals surface area contributed by atoms with Crippen LogP contribution in [0.4, 0.5) is 17.1 Å². The molecule has 24 heavy (non-hydrogen) atoms. The van der Waals surface area contributed by atoms with Crippen molar-refractivity contribution in [2.45, 2.75) is 0 Å². The van der Waals surface area contributed by atoms with Crippen molar-refractivity contribution >= 4 is 45.7 Å². The van der Waals surface area contributed by atoms with Gasteiger partial charge in [0.15, 0.2) is 0 Å². The average molecular weight is 384 g/mol. The maximum atomic E-state index is 8.68. The van der Waals surface area contributed by atoms with Gasteiger partial charge in [0.05, 0.1) is 23.2 Å². The maximum Gasteiger partial charge on any atom is 0.117 e. The molecule has 0 aromatic heterocycles. The molecule has 0 aliphatic rings. The highest BCUT2D eigenvalue weighted by Crippen LogP contribution is 2.19. The Kier molecular flexibility index (Phi) is 7.49. The molecule has 0 atom stereocenters. The van der Waals surface area contributed by atoms with Crippen LogP contribution in [0.1, 0.15) is 11.1 Å². The van der Waals surface area contributed by atoms with Gasteiger partial charge in [0, 0.05) is 15.8 Å². The molecule has 0 amide bonds. The van der Waals surface area contributed by atoms with Gasteiger partial charge in [-0.25, -0.2) is 9.98 Å². The van der Waals surface area contributed by atoms with Crippen LogP contribution in [0.15, 0.2) is 50.9 Å². The number of hydrogen-bond donors (Lipinski definition) is 3. The summed E-state index contributed by atoms with van der Waals surface area (Å²) in [7, 11) is 0. The lowest BCUT2D eigenvalue weighted by Crippen LogP contribution is -1.89. The summed E-state index contributed by atoms with van der Waals surface area (Å²) in [5.41, 5.74) is 18.5. The predicted molar refractivity (Wildman–Crippen MR) is 99.7 cm³/mol. The van der Waals surface area contributed by atoms with Crippen molar-refractivity contribution < 1.29 is 0 Å². The molecule has 0 unspecified atom stereocenters. The first kappa shape index (κ1) is 18.7. The second-order valence-corrected chi connectivity index (χ2v) is 5.19. The predicted octanol–water partition coefficient (Wildman–Crippen LogP) is 2.69. The van der Waals surface area contributed by atoms with Crippen molar-refractivity contribution in [1.29, 1.82) is 10.5 Å². The Labute approximate surface area is 147 Å². The minimum Gasteiger partial charge on any atom is -0.398 e. The molecule has 0 saturated carbocycles. The molecule has 0 heterocycles. The maximum absolute atomic E-state index is 8.68. The van der Waals surface area contributed by atoms with Gasteiger partial charge < -0.3 is 17.2 Å². The fraction of sp³-hybridized carbons (Fsp3) is 0. The van der Waals surface area contributed by atoms with Gasteiger partial charge in [-0.15, -0.1) is 0 Å². The molecule has 8 heteroatoms. The molecule has 7 nitrogen and oxygen atoms in total. The number of nitrogen functional groups attached to an aromatic ring is 2.